The molecule has 5 nitrogen and oxygen atoms in total. The second-order valence-electron chi connectivity index (χ2n) is 5.19. The van der Waals surface area contributed by atoms with Crippen LogP contribution in [-0.4, -0.2) is 45.6 Å². The highest BCUT2D eigenvalue weighted by atomic mass is 32.2. The second-order valence-corrected chi connectivity index (χ2v) is 6.86. The molecule has 2 aliphatic heterocycles. The smallest absolute Gasteiger partial charge is 0.266 e. The van der Waals surface area contributed by atoms with Crippen molar-refractivity contribution in [2.24, 2.45) is 0 Å². The lowest BCUT2D eigenvalue weighted by molar-refractivity contribution is -0.130. The Labute approximate surface area is 138 Å². The zero-order valence-corrected chi connectivity index (χ0v) is 13.6. The van der Waals surface area contributed by atoms with Crippen molar-refractivity contribution in [3.63, 3.8) is 0 Å². The van der Waals surface area contributed by atoms with Crippen LogP contribution in [0.2, 0.25) is 0 Å². The molecule has 116 valence electrons. The zero-order valence-electron chi connectivity index (χ0n) is 12.0. The number of amides is 2. The Morgan fingerprint density at radius 2 is 2.18 bits per heavy atom. The average Bonchev–Trinajstić information content (AvgIpc) is 3.22. The first-order valence-corrected chi connectivity index (χ1v) is 8.44. The van der Waals surface area contributed by atoms with E-state index in [0.29, 0.717) is 28.0 Å². The summed E-state index contributed by atoms with van der Waals surface area (Å²) in [6, 6.07) is 3.55. The van der Waals surface area contributed by atoms with Crippen molar-refractivity contribution >= 4 is 46.2 Å². The van der Waals surface area contributed by atoms with Gasteiger partial charge in [-0.05, 0) is 25.0 Å². The molecule has 0 N–H and O–H groups in total. The maximum atomic E-state index is 12.4. The summed E-state index contributed by atoms with van der Waals surface area (Å²) in [5.41, 5.74) is 0. The van der Waals surface area contributed by atoms with Gasteiger partial charge in [-0.3, -0.25) is 14.5 Å². The largest absolute Gasteiger partial charge is 0.465 e. The Hall–Kier alpha value is -1.60. The van der Waals surface area contributed by atoms with Crippen LogP contribution in [0.4, 0.5) is 0 Å². The average molecular weight is 336 g/mol. The standard InChI is InChI=1S/C15H16N2O3S2/c18-13(16-6-1-2-7-16)5-8-17-14(19)12(22-15(17)21)10-11-4-3-9-20-11/h3-4,9-10H,1-2,5-8H2/b12-10-. The van der Waals surface area contributed by atoms with Crippen LogP contribution in [0.25, 0.3) is 6.08 Å². The summed E-state index contributed by atoms with van der Waals surface area (Å²) in [5, 5.41) is 0. The fourth-order valence-corrected chi connectivity index (χ4v) is 3.82. The fraction of sp³-hybridized carbons (Fsp3) is 0.400. The minimum atomic E-state index is -0.152. The summed E-state index contributed by atoms with van der Waals surface area (Å²) in [6.07, 6.45) is 5.70. The SMILES string of the molecule is O=C(CCN1C(=O)/C(=C/c2ccco2)SC1=S)N1CCCC1. The lowest BCUT2D eigenvalue weighted by Gasteiger charge is -2.18. The van der Waals surface area contributed by atoms with Crippen LogP contribution in [0, 0.1) is 0 Å². The van der Waals surface area contributed by atoms with Crippen molar-refractivity contribution in [2.75, 3.05) is 19.6 Å². The Morgan fingerprint density at radius 3 is 2.86 bits per heavy atom. The molecule has 3 heterocycles. The van der Waals surface area contributed by atoms with E-state index in [9.17, 15) is 9.59 Å². The third kappa shape index (κ3) is 3.25. The molecule has 2 aliphatic rings. The van der Waals surface area contributed by atoms with Crippen molar-refractivity contribution in [2.45, 2.75) is 19.3 Å². The first-order valence-electron chi connectivity index (χ1n) is 7.22. The predicted molar refractivity (Wildman–Crippen MR) is 89.0 cm³/mol. The molecule has 2 saturated heterocycles. The van der Waals surface area contributed by atoms with Crippen LogP contribution in [0.15, 0.2) is 27.7 Å². The lowest BCUT2D eigenvalue weighted by Crippen LogP contribution is -2.34. The van der Waals surface area contributed by atoms with Crippen LogP contribution in [0.3, 0.4) is 0 Å². The van der Waals surface area contributed by atoms with Gasteiger partial charge in [-0.25, -0.2) is 0 Å². The number of carbonyl (C=O) groups excluding carboxylic acids is 2. The van der Waals surface area contributed by atoms with Gasteiger partial charge in [0, 0.05) is 32.1 Å². The Bertz CT molecular complexity index is 619. The van der Waals surface area contributed by atoms with E-state index in [0.717, 1.165) is 25.9 Å². The number of likely N-dealkylation sites (tertiary alicyclic amines) is 1. The van der Waals surface area contributed by atoms with Gasteiger partial charge in [0.05, 0.1) is 11.2 Å². The van der Waals surface area contributed by atoms with Crippen LogP contribution in [-0.2, 0) is 9.59 Å². The van der Waals surface area contributed by atoms with E-state index in [-0.39, 0.29) is 11.8 Å². The molecule has 0 bridgehead atoms. The Morgan fingerprint density at radius 1 is 1.41 bits per heavy atom. The summed E-state index contributed by atoms with van der Waals surface area (Å²) < 4.78 is 5.71. The van der Waals surface area contributed by atoms with Crippen LogP contribution >= 0.6 is 24.0 Å². The first kappa shape index (κ1) is 15.3. The van der Waals surface area contributed by atoms with Crippen LogP contribution < -0.4 is 0 Å². The van der Waals surface area contributed by atoms with E-state index >= 15 is 0 Å². The van der Waals surface area contributed by atoms with E-state index < -0.39 is 0 Å². The summed E-state index contributed by atoms with van der Waals surface area (Å²) in [5.74, 6) is 0.566. The van der Waals surface area contributed by atoms with Gasteiger partial charge in [-0.1, -0.05) is 24.0 Å². The number of rotatable bonds is 4. The van der Waals surface area contributed by atoms with Gasteiger partial charge in [0.25, 0.3) is 5.91 Å². The molecule has 2 amide bonds. The number of furan rings is 1. The highest BCUT2D eigenvalue weighted by Crippen LogP contribution is 2.32. The number of hydrogen-bond donors (Lipinski definition) is 0. The van der Waals surface area contributed by atoms with E-state index in [1.165, 1.54) is 16.7 Å². The van der Waals surface area contributed by atoms with E-state index in [1.54, 1.807) is 24.5 Å². The van der Waals surface area contributed by atoms with Crippen LogP contribution in [0.5, 0.6) is 0 Å². The number of nitrogens with zero attached hydrogens (tertiary/aromatic N) is 2. The van der Waals surface area contributed by atoms with Gasteiger partial charge in [0.1, 0.15) is 10.1 Å². The van der Waals surface area contributed by atoms with Crippen molar-refractivity contribution in [3.05, 3.63) is 29.1 Å². The summed E-state index contributed by atoms with van der Waals surface area (Å²) in [4.78, 5) is 28.3. The van der Waals surface area contributed by atoms with Crippen molar-refractivity contribution in [1.82, 2.24) is 9.80 Å². The van der Waals surface area contributed by atoms with E-state index in [4.69, 9.17) is 16.6 Å². The van der Waals surface area contributed by atoms with Gasteiger partial charge in [0.15, 0.2) is 0 Å². The third-order valence-corrected chi connectivity index (χ3v) is 5.08. The number of thiocarbonyl (C=S) groups is 1. The molecule has 2 fully saturated rings. The topological polar surface area (TPSA) is 53.8 Å². The summed E-state index contributed by atoms with van der Waals surface area (Å²) >= 11 is 6.50. The monoisotopic (exact) mass is 336 g/mol. The molecule has 0 radical (unpaired) electrons. The highest BCUT2D eigenvalue weighted by Gasteiger charge is 2.32. The third-order valence-electron chi connectivity index (χ3n) is 3.70. The molecule has 1 aromatic rings. The quantitative estimate of drug-likeness (QED) is 0.625. The number of carbonyl (C=O) groups is 2. The molecular weight excluding hydrogens is 320 g/mol. The molecule has 0 saturated carbocycles. The second kappa shape index (κ2) is 6.66. The fourth-order valence-electron chi connectivity index (χ4n) is 2.53. The molecule has 1 aromatic heterocycles. The molecule has 3 rings (SSSR count). The summed E-state index contributed by atoms with van der Waals surface area (Å²) in [7, 11) is 0. The van der Waals surface area contributed by atoms with Gasteiger partial charge < -0.3 is 9.32 Å². The molecule has 7 heteroatoms. The molecule has 22 heavy (non-hydrogen) atoms. The maximum absolute atomic E-state index is 12.4. The Kier molecular flexibility index (Phi) is 4.63. The van der Waals surface area contributed by atoms with Gasteiger partial charge in [-0.15, -0.1) is 0 Å². The van der Waals surface area contributed by atoms with Crippen molar-refractivity contribution in [1.29, 1.82) is 0 Å². The summed E-state index contributed by atoms with van der Waals surface area (Å²) in [6.45, 7) is 2.00. The predicted octanol–water partition coefficient (Wildman–Crippen LogP) is 2.49. The van der Waals surface area contributed by atoms with Crippen LogP contribution in [0.1, 0.15) is 25.0 Å². The Balaban J connectivity index is 1.61. The van der Waals surface area contributed by atoms with E-state index in [1.807, 2.05) is 4.90 Å². The van der Waals surface area contributed by atoms with Gasteiger partial charge in [0.2, 0.25) is 5.91 Å². The van der Waals surface area contributed by atoms with Gasteiger partial charge in [-0.2, -0.15) is 0 Å². The number of hydrogen-bond acceptors (Lipinski definition) is 5. The molecule has 0 atom stereocenters. The molecular formula is C15H16N2O3S2. The zero-order chi connectivity index (χ0) is 15.5. The van der Waals surface area contributed by atoms with E-state index in [2.05, 4.69) is 0 Å². The molecule has 0 spiro atoms. The number of thioether (sulfide) groups is 1. The minimum Gasteiger partial charge on any atom is -0.465 e. The minimum absolute atomic E-state index is 0.0987. The molecule has 0 unspecified atom stereocenters. The highest BCUT2D eigenvalue weighted by molar-refractivity contribution is 8.26. The van der Waals surface area contributed by atoms with Crippen molar-refractivity contribution < 1.29 is 14.0 Å². The maximum Gasteiger partial charge on any atom is 0.266 e. The lowest BCUT2D eigenvalue weighted by atomic mass is 10.3. The molecule has 0 aliphatic carbocycles. The molecule has 0 aromatic carbocycles. The van der Waals surface area contributed by atoms with Crippen molar-refractivity contribution in [3.8, 4) is 0 Å². The first-order chi connectivity index (χ1) is 10.6. The van der Waals surface area contributed by atoms with Gasteiger partial charge >= 0.3 is 0 Å². The normalized spacial score (nSPS) is 20.5.